The number of benzene rings is 2. The number of hydrogen-bond acceptors (Lipinski definition) is 6. The average molecular weight is 395 g/mol. The molecule has 0 atom stereocenters. The van der Waals surface area contributed by atoms with E-state index in [1.807, 2.05) is 0 Å². The number of phenolic OH excluding ortho intramolecular Hbond substituents is 1. The molecule has 2 aromatic rings. The van der Waals surface area contributed by atoms with Crippen LogP contribution in [0.25, 0.3) is 10.8 Å². The maximum absolute atomic E-state index is 15.1. The summed E-state index contributed by atoms with van der Waals surface area (Å²) in [7, 11) is -4.24. The number of nitrogens with one attached hydrogen (secondary N) is 2. The smallest absolute Gasteiger partial charge is 0.326 e. The summed E-state index contributed by atoms with van der Waals surface area (Å²) >= 11 is 0. The van der Waals surface area contributed by atoms with Gasteiger partial charge in [0, 0.05) is 18.0 Å². The van der Waals surface area contributed by atoms with E-state index in [1.54, 1.807) is 16.9 Å². The Balaban J connectivity index is 1.65. The monoisotopic (exact) mass is 395 g/mol. The number of anilines is 1. The third-order valence-corrected chi connectivity index (χ3v) is 5.83. The Labute approximate surface area is 155 Å². The lowest BCUT2D eigenvalue weighted by Crippen LogP contribution is -2.30. The summed E-state index contributed by atoms with van der Waals surface area (Å²) in [5.41, 5.74) is -0.562. The minimum Gasteiger partial charge on any atom is -0.506 e. The number of aromatic hydroxyl groups is 1. The second-order valence-corrected chi connectivity index (χ2v) is 8.15. The minimum absolute atomic E-state index is 0.0880. The van der Waals surface area contributed by atoms with Crippen LogP contribution in [0.4, 0.5) is 10.1 Å². The van der Waals surface area contributed by atoms with Gasteiger partial charge in [0.25, 0.3) is 5.91 Å². The van der Waals surface area contributed by atoms with Crippen molar-refractivity contribution in [1.29, 1.82) is 0 Å². The van der Waals surface area contributed by atoms with Crippen molar-refractivity contribution in [2.45, 2.75) is 18.9 Å². The lowest BCUT2D eigenvalue weighted by Gasteiger charge is -2.18. The minimum atomic E-state index is -4.24. The molecule has 1 amide bonds. The van der Waals surface area contributed by atoms with E-state index in [1.165, 1.54) is 25.0 Å². The Bertz CT molecular complexity index is 1020. The Morgan fingerprint density at radius 2 is 2.11 bits per heavy atom. The van der Waals surface area contributed by atoms with E-state index >= 15 is 4.39 Å². The fourth-order valence-corrected chi connectivity index (χ4v) is 4.16. The van der Waals surface area contributed by atoms with Crippen molar-refractivity contribution in [2.24, 2.45) is 0 Å². The van der Waals surface area contributed by atoms with Crippen LogP contribution in [-0.4, -0.2) is 45.2 Å². The zero-order valence-electron chi connectivity index (χ0n) is 14.2. The van der Waals surface area contributed by atoms with Crippen LogP contribution in [0, 0.1) is 5.82 Å². The third kappa shape index (κ3) is 3.50. The first kappa shape index (κ1) is 17.8. The number of rotatable bonds is 6. The average Bonchev–Trinajstić information content (AvgIpc) is 3.37. The van der Waals surface area contributed by atoms with Gasteiger partial charge in [-0.05, 0) is 36.4 Å². The van der Waals surface area contributed by atoms with Crippen LogP contribution < -0.4 is 19.1 Å². The van der Waals surface area contributed by atoms with E-state index in [4.69, 9.17) is 4.74 Å². The zero-order chi connectivity index (χ0) is 19.2. The Morgan fingerprint density at radius 3 is 2.78 bits per heavy atom. The van der Waals surface area contributed by atoms with Crippen LogP contribution in [0.5, 0.6) is 11.5 Å². The molecule has 1 aliphatic heterocycles. The fourth-order valence-electron chi connectivity index (χ4n) is 3.00. The summed E-state index contributed by atoms with van der Waals surface area (Å²) in [4.78, 5) is 11.4. The molecule has 0 radical (unpaired) electrons. The standard InChI is InChI=1S/C17H18FN3O5S/c18-16-13-8-12(26-6-5-19-11-2-3-11)4-1-10(13)7-14(22)17(16)21-9-15(23)20-27(21,24)25/h1,4,7-8,11,19,22H,2-3,5-6,9H2,(H,20,23). The predicted octanol–water partition coefficient (Wildman–Crippen LogP) is 0.996. The second-order valence-electron chi connectivity index (χ2n) is 6.56. The summed E-state index contributed by atoms with van der Waals surface area (Å²) in [5.74, 6) is -1.88. The molecule has 0 bridgehead atoms. The summed E-state index contributed by atoms with van der Waals surface area (Å²) in [6, 6.07) is 6.49. The van der Waals surface area contributed by atoms with E-state index in [-0.39, 0.29) is 5.39 Å². The van der Waals surface area contributed by atoms with E-state index in [9.17, 15) is 18.3 Å². The number of amides is 1. The molecular weight excluding hydrogens is 377 g/mol. The van der Waals surface area contributed by atoms with Crippen molar-refractivity contribution in [3.05, 3.63) is 30.1 Å². The Hall–Kier alpha value is -2.59. The first-order valence-electron chi connectivity index (χ1n) is 8.50. The number of fused-ring (bicyclic) bond motifs is 1. The number of phenols is 1. The van der Waals surface area contributed by atoms with Gasteiger partial charge in [-0.2, -0.15) is 8.42 Å². The summed E-state index contributed by atoms with van der Waals surface area (Å²) < 4.78 is 46.9. The van der Waals surface area contributed by atoms with Crippen LogP contribution in [0.3, 0.4) is 0 Å². The van der Waals surface area contributed by atoms with Gasteiger partial charge in [-0.15, -0.1) is 0 Å². The number of nitrogens with zero attached hydrogens (tertiary/aromatic N) is 1. The molecule has 1 saturated heterocycles. The van der Waals surface area contributed by atoms with Gasteiger partial charge in [0.2, 0.25) is 0 Å². The molecule has 2 fully saturated rings. The van der Waals surface area contributed by atoms with Gasteiger partial charge < -0.3 is 15.2 Å². The fraction of sp³-hybridized carbons (Fsp3) is 0.353. The predicted molar refractivity (Wildman–Crippen MR) is 96.5 cm³/mol. The van der Waals surface area contributed by atoms with Crippen molar-refractivity contribution in [2.75, 3.05) is 24.0 Å². The first-order valence-corrected chi connectivity index (χ1v) is 9.94. The summed E-state index contributed by atoms with van der Waals surface area (Å²) in [6.07, 6.45) is 2.34. The highest BCUT2D eigenvalue weighted by Gasteiger charge is 2.37. The summed E-state index contributed by atoms with van der Waals surface area (Å²) in [6.45, 7) is 0.487. The molecule has 10 heteroatoms. The van der Waals surface area contributed by atoms with Gasteiger partial charge in [-0.25, -0.2) is 13.4 Å². The molecule has 4 rings (SSSR count). The van der Waals surface area contributed by atoms with Crippen molar-refractivity contribution >= 4 is 32.6 Å². The van der Waals surface area contributed by atoms with Crippen LogP contribution in [0.2, 0.25) is 0 Å². The van der Waals surface area contributed by atoms with E-state index in [0.717, 1.165) is 0 Å². The van der Waals surface area contributed by atoms with Gasteiger partial charge >= 0.3 is 10.2 Å². The van der Waals surface area contributed by atoms with Gasteiger partial charge in [0.15, 0.2) is 5.82 Å². The van der Waals surface area contributed by atoms with E-state index in [2.05, 4.69) is 5.32 Å². The SMILES string of the molecule is O=C1CN(c2c(O)cc3ccc(OCCNC4CC4)cc3c2F)S(=O)(=O)N1. The number of carbonyl (C=O) groups excluding carboxylic acids is 1. The van der Waals surface area contributed by atoms with Crippen molar-refractivity contribution in [3.63, 3.8) is 0 Å². The number of halogens is 1. The van der Waals surface area contributed by atoms with E-state index < -0.39 is 39.9 Å². The highest BCUT2D eigenvalue weighted by atomic mass is 32.2. The quantitative estimate of drug-likeness (QED) is 0.630. The molecule has 3 N–H and O–H groups in total. The van der Waals surface area contributed by atoms with Crippen molar-refractivity contribution in [1.82, 2.24) is 10.0 Å². The molecule has 8 nitrogen and oxygen atoms in total. The first-order chi connectivity index (χ1) is 12.8. The zero-order valence-corrected chi connectivity index (χ0v) is 15.1. The lowest BCUT2D eigenvalue weighted by molar-refractivity contribution is -0.117. The molecule has 27 heavy (non-hydrogen) atoms. The molecular formula is C17H18FN3O5S. The number of ether oxygens (including phenoxy) is 1. The van der Waals surface area contributed by atoms with Crippen LogP contribution in [-0.2, 0) is 15.0 Å². The Kier molecular flexibility index (Phi) is 4.31. The number of carbonyl (C=O) groups is 1. The van der Waals surface area contributed by atoms with Crippen LogP contribution in [0.1, 0.15) is 12.8 Å². The van der Waals surface area contributed by atoms with Gasteiger partial charge in [0.05, 0.1) is 0 Å². The third-order valence-electron chi connectivity index (χ3n) is 4.45. The second kappa shape index (κ2) is 6.54. The highest BCUT2D eigenvalue weighted by molar-refractivity contribution is 7.92. The molecule has 0 spiro atoms. The molecule has 0 unspecified atom stereocenters. The highest BCUT2D eigenvalue weighted by Crippen LogP contribution is 2.39. The van der Waals surface area contributed by atoms with E-state index in [0.29, 0.717) is 34.6 Å². The molecule has 1 saturated carbocycles. The molecule has 1 heterocycles. The van der Waals surface area contributed by atoms with Crippen LogP contribution >= 0.6 is 0 Å². The van der Waals surface area contributed by atoms with Crippen molar-refractivity contribution < 1.29 is 27.4 Å². The largest absolute Gasteiger partial charge is 0.506 e. The maximum Gasteiger partial charge on any atom is 0.326 e. The molecule has 1 aliphatic carbocycles. The van der Waals surface area contributed by atoms with Gasteiger partial charge in [0.1, 0.15) is 30.3 Å². The van der Waals surface area contributed by atoms with Crippen LogP contribution in [0.15, 0.2) is 24.3 Å². The normalized spacial score (nSPS) is 18.7. The number of hydrogen-bond donors (Lipinski definition) is 3. The lowest BCUT2D eigenvalue weighted by atomic mass is 10.1. The topological polar surface area (TPSA) is 108 Å². The molecule has 2 aromatic carbocycles. The van der Waals surface area contributed by atoms with Gasteiger partial charge in [-0.3, -0.25) is 4.79 Å². The maximum atomic E-state index is 15.1. The Morgan fingerprint density at radius 1 is 1.33 bits per heavy atom. The summed E-state index contributed by atoms with van der Waals surface area (Å²) in [5, 5.41) is 13.9. The molecule has 2 aliphatic rings. The van der Waals surface area contributed by atoms with Gasteiger partial charge in [-0.1, -0.05) is 6.07 Å². The van der Waals surface area contributed by atoms with Crippen molar-refractivity contribution in [3.8, 4) is 11.5 Å². The molecule has 0 aromatic heterocycles. The molecule has 144 valence electrons.